The Labute approximate surface area is 182 Å². The van der Waals surface area contributed by atoms with E-state index in [0.717, 1.165) is 12.1 Å². The summed E-state index contributed by atoms with van der Waals surface area (Å²) in [5, 5.41) is 2.60. The zero-order valence-corrected chi connectivity index (χ0v) is 17.8. The number of carbonyl (C=O) groups excluding carboxylic acids is 1. The second-order valence-electron chi connectivity index (χ2n) is 6.80. The van der Waals surface area contributed by atoms with Gasteiger partial charge in [-0.25, -0.2) is 8.42 Å². The third-order valence-corrected chi connectivity index (χ3v) is 6.48. The number of benzene rings is 2. The maximum Gasteiger partial charge on any atom is 0.573 e. The molecule has 0 saturated carbocycles. The van der Waals surface area contributed by atoms with Crippen molar-refractivity contribution in [1.29, 1.82) is 0 Å². The van der Waals surface area contributed by atoms with Crippen LogP contribution in [-0.4, -0.2) is 58.4 Å². The molecule has 2 aromatic carbocycles. The van der Waals surface area contributed by atoms with Gasteiger partial charge in [0.1, 0.15) is 16.4 Å². The predicted octanol–water partition coefficient (Wildman–Crippen LogP) is 2.80. The van der Waals surface area contributed by atoms with E-state index in [0.29, 0.717) is 5.56 Å². The van der Waals surface area contributed by atoms with Crippen LogP contribution in [0.5, 0.6) is 11.5 Å². The van der Waals surface area contributed by atoms with Gasteiger partial charge in [-0.3, -0.25) is 4.79 Å². The third-order valence-electron chi connectivity index (χ3n) is 4.56. The first kappa shape index (κ1) is 23.8. The van der Waals surface area contributed by atoms with Gasteiger partial charge >= 0.3 is 6.36 Å². The molecule has 8 nitrogen and oxygen atoms in total. The summed E-state index contributed by atoms with van der Waals surface area (Å²) in [5.74, 6) is -0.737. The van der Waals surface area contributed by atoms with E-state index in [1.165, 1.54) is 41.7 Å². The van der Waals surface area contributed by atoms with Gasteiger partial charge in [0.25, 0.3) is 0 Å². The molecule has 1 heterocycles. The summed E-state index contributed by atoms with van der Waals surface area (Å²) in [5.41, 5.74) is 0.686. The molecular weight excluding hydrogens is 453 g/mol. The fraction of sp³-hybridized carbons (Fsp3) is 0.350. The minimum atomic E-state index is -4.80. The van der Waals surface area contributed by atoms with Gasteiger partial charge in [0.15, 0.2) is 0 Å². The Morgan fingerprint density at radius 1 is 1.12 bits per heavy atom. The second-order valence-corrected chi connectivity index (χ2v) is 8.71. The van der Waals surface area contributed by atoms with Crippen molar-refractivity contribution in [3.63, 3.8) is 0 Å². The van der Waals surface area contributed by atoms with Crippen LogP contribution in [0.1, 0.15) is 5.56 Å². The summed E-state index contributed by atoms with van der Waals surface area (Å²) in [6.07, 6.45) is -4.93. The third kappa shape index (κ3) is 6.11. The maximum atomic E-state index is 13.0. The molecule has 3 rings (SSSR count). The van der Waals surface area contributed by atoms with Crippen LogP contribution in [0.15, 0.2) is 47.4 Å². The van der Waals surface area contributed by atoms with Crippen molar-refractivity contribution >= 4 is 21.6 Å². The van der Waals surface area contributed by atoms with Crippen molar-refractivity contribution in [2.24, 2.45) is 0 Å². The fourth-order valence-corrected chi connectivity index (χ4v) is 4.67. The molecule has 12 heteroatoms. The van der Waals surface area contributed by atoms with Crippen LogP contribution >= 0.6 is 0 Å². The molecule has 0 unspecified atom stereocenters. The van der Waals surface area contributed by atoms with E-state index in [1.54, 1.807) is 0 Å². The summed E-state index contributed by atoms with van der Waals surface area (Å²) in [7, 11) is -2.53. The molecule has 32 heavy (non-hydrogen) atoms. The molecule has 1 saturated heterocycles. The second kappa shape index (κ2) is 9.76. The standard InChI is InChI=1S/C20H21F3N2O6S/c1-29-17-7-4-15(13-18(17)32(27,28)25-8-10-30-11-9-25)24-19(26)12-14-2-5-16(6-3-14)31-20(21,22)23/h2-7,13H,8-12H2,1H3,(H,24,26). The fourth-order valence-electron chi connectivity index (χ4n) is 3.08. The summed E-state index contributed by atoms with van der Waals surface area (Å²) in [6.45, 7) is 0.974. The van der Waals surface area contributed by atoms with E-state index >= 15 is 0 Å². The molecule has 174 valence electrons. The van der Waals surface area contributed by atoms with Crippen molar-refractivity contribution in [3.8, 4) is 11.5 Å². The molecule has 0 aliphatic carbocycles. The van der Waals surface area contributed by atoms with Crippen LogP contribution in [0.4, 0.5) is 18.9 Å². The average molecular weight is 474 g/mol. The van der Waals surface area contributed by atoms with Gasteiger partial charge in [-0.15, -0.1) is 13.2 Å². The smallest absolute Gasteiger partial charge is 0.495 e. The highest BCUT2D eigenvalue weighted by atomic mass is 32.2. The Hall–Kier alpha value is -2.83. The van der Waals surface area contributed by atoms with Crippen LogP contribution in [0.25, 0.3) is 0 Å². The van der Waals surface area contributed by atoms with E-state index < -0.39 is 28.0 Å². The number of hydrogen-bond donors (Lipinski definition) is 1. The number of nitrogens with one attached hydrogen (secondary N) is 1. The number of rotatable bonds is 7. The van der Waals surface area contributed by atoms with Crippen molar-refractivity contribution < 1.29 is 40.6 Å². The molecule has 1 aliphatic rings. The van der Waals surface area contributed by atoms with Crippen molar-refractivity contribution in [3.05, 3.63) is 48.0 Å². The van der Waals surface area contributed by atoms with Gasteiger partial charge in [-0.05, 0) is 35.9 Å². The van der Waals surface area contributed by atoms with Gasteiger partial charge < -0.3 is 19.5 Å². The molecule has 2 aromatic rings. The first-order chi connectivity index (χ1) is 15.1. The van der Waals surface area contributed by atoms with Gasteiger partial charge in [-0.1, -0.05) is 12.1 Å². The monoisotopic (exact) mass is 474 g/mol. The predicted molar refractivity (Wildman–Crippen MR) is 108 cm³/mol. The molecule has 0 radical (unpaired) electrons. The van der Waals surface area contributed by atoms with Gasteiger partial charge in [0, 0.05) is 18.8 Å². The number of sulfonamides is 1. The number of carbonyl (C=O) groups is 1. The van der Waals surface area contributed by atoms with Crippen LogP contribution in [0.2, 0.25) is 0 Å². The first-order valence-corrected chi connectivity index (χ1v) is 10.9. The largest absolute Gasteiger partial charge is 0.573 e. The van der Waals surface area contributed by atoms with E-state index in [2.05, 4.69) is 10.1 Å². The summed E-state index contributed by atoms with van der Waals surface area (Å²) >= 11 is 0. The van der Waals surface area contributed by atoms with Gasteiger partial charge in [0.2, 0.25) is 15.9 Å². The normalized spacial score (nSPS) is 15.2. The number of amides is 1. The first-order valence-electron chi connectivity index (χ1n) is 9.49. The lowest BCUT2D eigenvalue weighted by molar-refractivity contribution is -0.274. The zero-order chi connectivity index (χ0) is 23.4. The molecule has 1 N–H and O–H groups in total. The molecule has 0 atom stereocenters. The van der Waals surface area contributed by atoms with Crippen molar-refractivity contribution in [1.82, 2.24) is 4.31 Å². The van der Waals surface area contributed by atoms with Gasteiger partial charge in [-0.2, -0.15) is 4.31 Å². The number of methoxy groups -OCH3 is 1. The highest BCUT2D eigenvalue weighted by Crippen LogP contribution is 2.30. The van der Waals surface area contributed by atoms with Crippen LogP contribution in [-0.2, 0) is 26.0 Å². The van der Waals surface area contributed by atoms with Crippen LogP contribution in [0.3, 0.4) is 0 Å². The zero-order valence-electron chi connectivity index (χ0n) is 17.0. The van der Waals surface area contributed by atoms with E-state index in [-0.39, 0.29) is 49.1 Å². The number of ether oxygens (including phenoxy) is 3. The van der Waals surface area contributed by atoms with Crippen molar-refractivity contribution in [2.75, 3.05) is 38.7 Å². The van der Waals surface area contributed by atoms with Crippen molar-refractivity contribution in [2.45, 2.75) is 17.7 Å². The quantitative estimate of drug-likeness (QED) is 0.663. The lowest BCUT2D eigenvalue weighted by atomic mass is 10.1. The lowest BCUT2D eigenvalue weighted by Gasteiger charge is -2.26. The number of hydrogen-bond acceptors (Lipinski definition) is 6. The maximum absolute atomic E-state index is 13.0. The molecular formula is C20H21F3N2O6S. The minimum Gasteiger partial charge on any atom is -0.495 e. The molecule has 1 amide bonds. The molecule has 1 fully saturated rings. The Morgan fingerprint density at radius 2 is 1.78 bits per heavy atom. The Bertz CT molecular complexity index is 1050. The van der Waals surface area contributed by atoms with Crippen LogP contribution < -0.4 is 14.8 Å². The van der Waals surface area contributed by atoms with Gasteiger partial charge in [0.05, 0.1) is 26.7 Å². The van der Waals surface area contributed by atoms with E-state index in [1.807, 2.05) is 0 Å². The summed E-state index contributed by atoms with van der Waals surface area (Å²) < 4.78 is 78.2. The lowest BCUT2D eigenvalue weighted by Crippen LogP contribution is -2.40. The summed E-state index contributed by atoms with van der Waals surface area (Å²) in [4.78, 5) is 12.3. The summed E-state index contributed by atoms with van der Waals surface area (Å²) in [6, 6.07) is 9.13. The van der Waals surface area contributed by atoms with Crippen LogP contribution in [0, 0.1) is 0 Å². The minimum absolute atomic E-state index is 0.0895. The number of anilines is 1. The highest BCUT2D eigenvalue weighted by molar-refractivity contribution is 7.89. The van der Waals surface area contributed by atoms with E-state index in [4.69, 9.17) is 9.47 Å². The SMILES string of the molecule is COc1ccc(NC(=O)Cc2ccc(OC(F)(F)F)cc2)cc1S(=O)(=O)N1CCOCC1. The Kier molecular flexibility index (Phi) is 7.26. The average Bonchev–Trinajstić information content (AvgIpc) is 2.74. The number of morpholine rings is 1. The Morgan fingerprint density at radius 3 is 2.38 bits per heavy atom. The molecule has 0 spiro atoms. The number of nitrogens with zero attached hydrogens (tertiary/aromatic N) is 1. The number of alkyl halides is 3. The number of halogens is 3. The topological polar surface area (TPSA) is 94.2 Å². The highest BCUT2D eigenvalue weighted by Gasteiger charge is 2.31. The molecule has 1 aliphatic heterocycles. The molecule has 0 aromatic heterocycles. The Balaban J connectivity index is 1.72. The van der Waals surface area contributed by atoms with E-state index in [9.17, 15) is 26.4 Å². The molecule has 0 bridgehead atoms.